The lowest BCUT2D eigenvalue weighted by Gasteiger charge is -2.06. The first-order chi connectivity index (χ1) is 7.18. The predicted octanol–water partition coefficient (Wildman–Crippen LogP) is 0.447. The van der Waals surface area contributed by atoms with Gasteiger partial charge in [0.1, 0.15) is 0 Å². The van der Waals surface area contributed by atoms with Gasteiger partial charge in [-0.15, -0.1) is 0 Å². The Labute approximate surface area is 91.1 Å². The first-order valence-corrected chi connectivity index (χ1v) is 5.40. The highest BCUT2D eigenvalue weighted by Gasteiger charge is 2.20. The third-order valence-corrected chi connectivity index (χ3v) is 2.05. The zero-order valence-corrected chi connectivity index (χ0v) is 9.34. The highest BCUT2D eigenvalue weighted by atomic mass is 16.5. The molecule has 0 heterocycles. The standard InChI is InChI=1S/C11H20N2O2/c1-9(2)8-15-6-5-12-11(14)7-13-10-3-4-10/h10,13H,1,3-8H2,2H3,(H,12,14). The van der Waals surface area contributed by atoms with Crippen molar-refractivity contribution in [2.24, 2.45) is 0 Å². The number of rotatable bonds is 8. The molecule has 1 rings (SSSR count). The fraction of sp³-hybridized carbons (Fsp3) is 0.727. The molecule has 1 fully saturated rings. The summed E-state index contributed by atoms with van der Waals surface area (Å²) in [4.78, 5) is 11.2. The van der Waals surface area contributed by atoms with E-state index in [4.69, 9.17) is 4.74 Å². The van der Waals surface area contributed by atoms with Gasteiger partial charge in [0.05, 0.1) is 19.8 Å². The Hall–Kier alpha value is -0.870. The van der Waals surface area contributed by atoms with E-state index in [0.717, 1.165) is 5.57 Å². The van der Waals surface area contributed by atoms with Crippen LogP contribution in [0.5, 0.6) is 0 Å². The normalized spacial score (nSPS) is 15.0. The van der Waals surface area contributed by atoms with Crippen LogP contribution in [0.25, 0.3) is 0 Å². The number of hydrogen-bond donors (Lipinski definition) is 2. The third kappa shape index (κ3) is 7.11. The van der Waals surface area contributed by atoms with E-state index in [2.05, 4.69) is 17.2 Å². The highest BCUT2D eigenvalue weighted by Crippen LogP contribution is 2.17. The number of carbonyl (C=O) groups excluding carboxylic acids is 1. The monoisotopic (exact) mass is 212 g/mol. The zero-order valence-electron chi connectivity index (χ0n) is 9.34. The molecule has 1 amide bonds. The van der Waals surface area contributed by atoms with Crippen molar-refractivity contribution in [1.29, 1.82) is 0 Å². The van der Waals surface area contributed by atoms with E-state index in [1.165, 1.54) is 12.8 Å². The summed E-state index contributed by atoms with van der Waals surface area (Å²) in [6.07, 6.45) is 2.41. The molecule has 0 saturated heterocycles. The summed E-state index contributed by atoms with van der Waals surface area (Å²) >= 11 is 0. The average molecular weight is 212 g/mol. The lowest BCUT2D eigenvalue weighted by atomic mass is 10.4. The summed E-state index contributed by atoms with van der Waals surface area (Å²) in [5.41, 5.74) is 0.997. The Balaban J connectivity index is 1.85. The van der Waals surface area contributed by atoms with E-state index < -0.39 is 0 Å². The van der Waals surface area contributed by atoms with Crippen LogP contribution in [0.1, 0.15) is 19.8 Å². The van der Waals surface area contributed by atoms with E-state index in [1.807, 2.05) is 6.92 Å². The average Bonchev–Trinajstić information content (AvgIpc) is 2.97. The summed E-state index contributed by atoms with van der Waals surface area (Å²) in [6, 6.07) is 0.579. The van der Waals surface area contributed by atoms with Crippen molar-refractivity contribution in [1.82, 2.24) is 10.6 Å². The highest BCUT2D eigenvalue weighted by molar-refractivity contribution is 5.78. The van der Waals surface area contributed by atoms with Crippen molar-refractivity contribution in [3.05, 3.63) is 12.2 Å². The second-order valence-corrected chi connectivity index (χ2v) is 4.01. The van der Waals surface area contributed by atoms with Crippen LogP contribution in [0.15, 0.2) is 12.2 Å². The molecule has 1 saturated carbocycles. The molecule has 0 aromatic heterocycles. The molecule has 0 unspecified atom stereocenters. The maximum absolute atomic E-state index is 11.2. The zero-order chi connectivity index (χ0) is 11.1. The van der Waals surface area contributed by atoms with Gasteiger partial charge in [-0.25, -0.2) is 0 Å². The van der Waals surface area contributed by atoms with Crippen molar-refractivity contribution in [2.45, 2.75) is 25.8 Å². The minimum absolute atomic E-state index is 0.0424. The van der Waals surface area contributed by atoms with Gasteiger partial charge in [0, 0.05) is 12.6 Å². The first kappa shape index (κ1) is 12.2. The molecular formula is C11H20N2O2. The van der Waals surface area contributed by atoms with Gasteiger partial charge < -0.3 is 15.4 Å². The number of amides is 1. The van der Waals surface area contributed by atoms with Gasteiger partial charge in [-0.05, 0) is 19.8 Å². The second-order valence-electron chi connectivity index (χ2n) is 4.01. The lowest BCUT2D eigenvalue weighted by molar-refractivity contribution is -0.120. The Morgan fingerprint density at radius 2 is 2.27 bits per heavy atom. The minimum atomic E-state index is 0.0424. The number of hydrogen-bond acceptors (Lipinski definition) is 3. The molecular weight excluding hydrogens is 192 g/mol. The molecule has 2 N–H and O–H groups in total. The summed E-state index contributed by atoms with van der Waals surface area (Å²) < 4.78 is 5.25. The van der Waals surface area contributed by atoms with Gasteiger partial charge in [-0.3, -0.25) is 4.79 Å². The Bertz CT molecular complexity index is 225. The van der Waals surface area contributed by atoms with Crippen molar-refractivity contribution in [3.8, 4) is 0 Å². The van der Waals surface area contributed by atoms with Gasteiger partial charge in [0.2, 0.25) is 5.91 Å². The Kier molecular flexibility index (Phi) is 5.36. The second kappa shape index (κ2) is 6.58. The smallest absolute Gasteiger partial charge is 0.234 e. The number of carbonyl (C=O) groups is 1. The predicted molar refractivity (Wildman–Crippen MR) is 59.7 cm³/mol. The fourth-order valence-electron chi connectivity index (χ4n) is 1.10. The molecule has 1 aliphatic rings. The number of ether oxygens (including phenoxy) is 1. The van der Waals surface area contributed by atoms with Crippen LogP contribution in [-0.4, -0.2) is 38.3 Å². The van der Waals surface area contributed by atoms with Gasteiger partial charge in [0.15, 0.2) is 0 Å². The van der Waals surface area contributed by atoms with Crippen LogP contribution in [0.3, 0.4) is 0 Å². The Morgan fingerprint density at radius 1 is 1.53 bits per heavy atom. The van der Waals surface area contributed by atoms with Crippen LogP contribution >= 0.6 is 0 Å². The third-order valence-electron chi connectivity index (χ3n) is 2.05. The molecule has 0 aliphatic heterocycles. The van der Waals surface area contributed by atoms with Crippen molar-refractivity contribution in [2.75, 3.05) is 26.3 Å². The maximum Gasteiger partial charge on any atom is 0.234 e. The van der Waals surface area contributed by atoms with Gasteiger partial charge in [0.25, 0.3) is 0 Å². The van der Waals surface area contributed by atoms with Crippen LogP contribution in [0, 0.1) is 0 Å². The fourth-order valence-corrected chi connectivity index (χ4v) is 1.10. The van der Waals surface area contributed by atoms with Gasteiger partial charge >= 0.3 is 0 Å². The molecule has 4 heteroatoms. The minimum Gasteiger partial charge on any atom is -0.375 e. The molecule has 0 aromatic carbocycles. The van der Waals surface area contributed by atoms with E-state index in [-0.39, 0.29) is 5.91 Å². The van der Waals surface area contributed by atoms with E-state index >= 15 is 0 Å². The quantitative estimate of drug-likeness (QED) is 0.453. The largest absolute Gasteiger partial charge is 0.375 e. The van der Waals surface area contributed by atoms with Crippen molar-refractivity contribution in [3.63, 3.8) is 0 Å². The molecule has 1 aliphatic carbocycles. The Morgan fingerprint density at radius 3 is 2.87 bits per heavy atom. The molecule has 0 atom stereocenters. The summed E-state index contributed by atoms with van der Waals surface area (Å²) in [5.74, 6) is 0.0424. The molecule has 0 aromatic rings. The molecule has 0 radical (unpaired) electrons. The van der Waals surface area contributed by atoms with E-state index in [0.29, 0.717) is 32.3 Å². The summed E-state index contributed by atoms with van der Waals surface area (Å²) in [7, 11) is 0. The molecule has 4 nitrogen and oxygen atoms in total. The SMILES string of the molecule is C=C(C)COCCNC(=O)CNC1CC1. The molecule has 15 heavy (non-hydrogen) atoms. The van der Waals surface area contributed by atoms with Crippen LogP contribution in [0.4, 0.5) is 0 Å². The maximum atomic E-state index is 11.2. The molecule has 0 spiro atoms. The number of nitrogens with one attached hydrogen (secondary N) is 2. The lowest BCUT2D eigenvalue weighted by Crippen LogP contribution is -2.36. The van der Waals surface area contributed by atoms with Gasteiger partial charge in [-0.1, -0.05) is 12.2 Å². The van der Waals surface area contributed by atoms with Crippen molar-refractivity contribution < 1.29 is 9.53 Å². The first-order valence-electron chi connectivity index (χ1n) is 5.40. The van der Waals surface area contributed by atoms with Crippen LogP contribution in [-0.2, 0) is 9.53 Å². The summed E-state index contributed by atoms with van der Waals surface area (Å²) in [5, 5.41) is 5.93. The van der Waals surface area contributed by atoms with Gasteiger partial charge in [-0.2, -0.15) is 0 Å². The van der Waals surface area contributed by atoms with Crippen molar-refractivity contribution >= 4 is 5.91 Å². The van der Waals surface area contributed by atoms with Crippen LogP contribution in [0.2, 0.25) is 0 Å². The molecule has 0 bridgehead atoms. The van der Waals surface area contributed by atoms with Crippen LogP contribution < -0.4 is 10.6 Å². The van der Waals surface area contributed by atoms with E-state index in [9.17, 15) is 4.79 Å². The summed E-state index contributed by atoms with van der Waals surface area (Å²) in [6.45, 7) is 7.74. The topological polar surface area (TPSA) is 50.4 Å². The molecule has 86 valence electrons. The van der Waals surface area contributed by atoms with E-state index in [1.54, 1.807) is 0 Å².